The molecule has 0 aliphatic carbocycles. The van der Waals surface area contributed by atoms with Crippen molar-refractivity contribution in [2.75, 3.05) is 13.7 Å². The van der Waals surface area contributed by atoms with Crippen LogP contribution < -0.4 is 4.74 Å². The maximum Gasteiger partial charge on any atom is 0.305 e. The second kappa shape index (κ2) is 7.03. The number of carbonyl (C=O) groups excluding carboxylic acids is 1. The fourth-order valence-corrected chi connectivity index (χ4v) is 1.73. The largest absolute Gasteiger partial charge is 0.490 e. The van der Waals surface area contributed by atoms with E-state index in [2.05, 4.69) is 20.7 Å². The molecule has 0 radical (unpaired) electrons. The second-order valence-corrected chi connectivity index (χ2v) is 4.37. The van der Waals surface area contributed by atoms with Crippen molar-refractivity contribution >= 4 is 27.6 Å². The summed E-state index contributed by atoms with van der Waals surface area (Å²) in [6.07, 6.45) is 0.465. The molecule has 0 heterocycles. The van der Waals surface area contributed by atoms with Gasteiger partial charge in [0.25, 0.3) is 5.69 Å². The van der Waals surface area contributed by atoms with Crippen LogP contribution in [0.5, 0.6) is 5.75 Å². The Balaban J connectivity index is 2.65. The highest BCUT2D eigenvalue weighted by Gasteiger charge is 2.17. The highest BCUT2D eigenvalue weighted by atomic mass is 79.9. The Bertz CT molecular complexity index is 494. The summed E-state index contributed by atoms with van der Waals surface area (Å²) in [7, 11) is 1.26. The van der Waals surface area contributed by atoms with Crippen molar-refractivity contribution in [1.82, 2.24) is 0 Å². The average molecular weight is 336 g/mol. The summed E-state index contributed by atoms with van der Waals surface area (Å²) in [6.45, 7) is 0.0603. The molecule has 0 aromatic heterocycles. The van der Waals surface area contributed by atoms with Crippen LogP contribution in [0.3, 0.4) is 0 Å². The van der Waals surface area contributed by atoms with Crippen LogP contribution in [0.15, 0.2) is 16.6 Å². The number of carbonyl (C=O) groups is 1. The van der Waals surface area contributed by atoms with Crippen molar-refractivity contribution in [2.24, 2.45) is 0 Å². The number of esters is 1. The first-order chi connectivity index (χ1) is 8.95. The third kappa shape index (κ3) is 4.47. The molecule has 0 fully saturated rings. The fourth-order valence-electron chi connectivity index (χ4n) is 1.27. The van der Waals surface area contributed by atoms with Crippen LogP contribution in [0.2, 0.25) is 0 Å². The van der Waals surface area contributed by atoms with Gasteiger partial charge in [-0.3, -0.25) is 14.9 Å². The highest BCUT2D eigenvalue weighted by Crippen LogP contribution is 2.31. The van der Waals surface area contributed by atoms with Gasteiger partial charge < -0.3 is 9.47 Å². The topological polar surface area (TPSA) is 78.7 Å². The van der Waals surface area contributed by atoms with Crippen LogP contribution in [0.1, 0.15) is 12.8 Å². The Hall–Kier alpha value is -1.70. The summed E-state index contributed by atoms with van der Waals surface area (Å²) in [5.74, 6) is -1.33. The predicted molar refractivity (Wildman–Crippen MR) is 67.5 cm³/mol. The number of ether oxygens (including phenoxy) is 2. The number of benzene rings is 1. The van der Waals surface area contributed by atoms with E-state index < -0.39 is 16.7 Å². The van der Waals surface area contributed by atoms with Crippen LogP contribution in [-0.4, -0.2) is 24.6 Å². The highest BCUT2D eigenvalue weighted by molar-refractivity contribution is 9.10. The molecule has 6 nitrogen and oxygen atoms in total. The normalized spacial score (nSPS) is 10.1. The number of methoxy groups -OCH3 is 1. The Kier molecular flexibility index (Phi) is 5.68. The number of hydrogen-bond donors (Lipinski definition) is 0. The molecule has 0 unspecified atom stereocenters. The second-order valence-electron chi connectivity index (χ2n) is 3.52. The average Bonchev–Trinajstić information content (AvgIpc) is 2.35. The van der Waals surface area contributed by atoms with E-state index in [1.165, 1.54) is 7.11 Å². The SMILES string of the molecule is COC(=O)CCCOc1cc([N+](=O)[O-])c(Br)cc1F. The summed E-state index contributed by atoms with van der Waals surface area (Å²) in [6, 6.07) is 1.96. The van der Waals surface area contributed by atoms with Gasteiger partial charge in [0, 0.05) is 6.42 Å². The maximum atomic E-state index is 13.5. The lowest BCUT2D eigenvalue weighted by Gasteiger charge is -2.07. The van der Waals surface area contributed by atoms with Gasteiger partial charge in [0.1, 0.15) is 0 Å². The van der Waals surface area contributed by atoms with Crippen LogP contribution in [0, 0.1) is 15.9 Å². The smallest absolute Gasteiger partial charge is 0.305 e. The lowest BCUT2D eigenvalue weighted by Crippen LogP contribution is -2.05. The minimum Gasteiger partial charge on any atom is -0.490 e. The zero-order chi connectivity index (χ0) is 14.4. The molecule has 1 aromatic carbocycles. The van der Waals surface area contributed by atoms with Gasteiger partial charge in [0.15, 0.2) is 11.6 Å². The minimum atomic E-state index is -0.712. The van der Waals surface area contributed by atoms with E-state index in [0.717, 1.165) is 12.1 Å². The standard InChI is InChI=1S/C11H11BrFNO5/c1-18-11(15)3-2-4-19-10-6-9(14(16)17)7(12)5-8(10)13/h5-6H,2-4H2,1H3. The lowest BCUT2D eigenvalue weighted by atomic mass is 10.3. The van der Waals surface area contributed by atoms with E-state index in [1.54, 1.807) is 0 Å². The van der Waals surface area contributed by atoms with E-state index in [9.17, 15) is 19.3 Å². The first kappa shape index (κ1) is 15.4. The Morgan fingerprint density at radius 3 is 2.79 bits per heavy atom. The van der Waals surface area contributed by atoms with Gasteiger partial charge in [-0.25, -0.2) is 4.39 Å². The van der Waals surface area contributed by atoms with E-state index in [-0.39, 0.29) is 28.9 Å². The first-order valence-corrected chi connectivity index (χ1v) is 6.08. The predicted octanol–water partition coefficient (Wildman–Crippen LogP) is 2.83. The fraction of sp³-hybridized carbons (Fsp3) is 0.364. The molecular weight excluding hydrogens is 325 g/mol. The first-order valence-electron chi connectivity index (χ1n) is 5.28. The van der Waals surface area contributed by atoms with Crippen LogP contribution >= 0.6 is 15.9 Å². The quantitative estimate of drug-likeness (QED) is 0.345. The summed E-state index contributed by atoms with van der Waals surface area (Å²) >= 11 is 2.89. The molecule has 0 spiro atoms. The number of rotatable bonds is 6. The zero-order valence-corrected chi connectivity index (χ0v) is 11.6. The molecule has 0 bridgehead atoms. The maximum absolute atomic E-state index is 13.5. The molecule has 0 aliphatic rings. The lowest BCUT2D eigenvalue weighted by molar-refractivity contribution is -0.385. The van der Waals surface area contributed by atoms with Gasteiger partial charge in [0.05, 0.1) is 29.2 Å². The van der Waals surface area contributed by atoms with Crippen molar-refractivity contribution in [2.45, 2.75) is 12.8 Å². The van der Waals surface area contributed by atoms with E-state index >= 15 is 0 Å². The number of nitro benzene ring substituents is 1. The Morgan fingerprint density at radius 2 is 2.21 bits per heavy atom. The zero-order valence-electron chi connectivity index (χ0n) is 10.0. The third-order valence-corrected chi connectivity index (χ3v) is 2.84. The number of hydrogen-bond acceptors (Lipinski definition) is 5. The van der Waals surface area contributed by atoms with Gasteiger partial charge >= 0.3 is 5.97 Å². The van der Waals surface area contributed by atoms with Crippen molar-refractivity contribution in [3.05, 3.63) is 32.5 Å². The molecule has 19 heavy (non-hydrogen) atoms. The molecule has 0 N–H and O–H groups in total. The molecule has 1 aromatic rings. The Labute approximate surface area is 116 Å². The molecule has 0 aliphatic heterocycles. The molecule has 0 amide bonds. The molecule has 0 saturated carbocycles. The van der Waals surface area contributed by atoms with Crippen molar-refractivity contribution in [3.63, 3.8) is 0 Å². The molecular formula is C11H11BrFNO5. The van der Waals surface area contributed by atoms with Gasteiger partial charge in [-0.1, -0.05) is 0 Å². The van der Waals surface area contributed by atoms with Crippen LogP contribution in [0.4, 0.5) is 10.1 Å². The summed E-state index contributed by atoms with van der Waals surface area (Å²) < 4.78 is 23.0. The molecule has 104 valence electrons. The van der Waals surface area contributed by atoms with E-state index in [4.69, 9.17) is 4.74 Å². The molecule has 0 saturated heterocycles. The molecule has 0 atom stereocenters. The van der Waals surface area contributed by atoms with E-state index in [0.29, 0.717) is 6.42 Å². The monoisotopic (exact) mass is 335 g/mol. The number of halogens is 2. The van der Waals surface area contributed by atoms with Gasteiger partial charge in [-0.15, -0.1) is 0 Å². The van der Waals surface area contributed by atoms with Crippen molar-refractivity contribution < 1.29 is 23.6 Å². The number of nitrogens with zero attached hydrogens (tertiary/aromatic N) is 1. The van der Waals surface area contributed by atoms with Crippen LogP contribution in [0.25, 0.3) is 0 Å². The summed E-state index contributed by atoms with van der Waals surface area (Å²) in [4.78, 5) is 20.9. The molecule has 8 heteroatoms. The molecule has 1 rings (SSSR count). The van der Waals surface area contributed by atoms with Crippen LogP contribution in [-0.2, 0) is 9.53 Å². The van der Waals surface area contributed by atoms with Crippen molar-refractivity contribution in [1.29, 1.82) is 0 Å². The number of nitro groups is 1. The van der Waals surface area contributed by atoms with Gasteiger partial charge in [0.2, 0.25) is 0 Å². The minimum absolute atomic E-state index is 0.0388. The van der Waals surface area contributed by atoms with E-state index in [1.807, 2.05) is 0 Å². The summed E-state index contributed by atoms with van der Waals surface area (Å²) in [5, 5.41) is 10.7. The Morgan fingerprint density at radius 1 is 1.53 bits per heavy atom. The third-order valence-electron chi connectivity index (χ3n) is 2.21. The van der Waals surface area contributed by atoms with Crippen molar-refractivity contribution in [3.8, 4) is 5.75 Å². The van der Waals surface area contributed by atoms with Gasteiger partial charge in [-0.05, 0) is 28.4 Å². The van der Waals surface area contributed by atoms with Gasteiger partial charge in [-0.2, -0.15) is 0 Å². The summed E-state index contributed by atoms with van der Waals surface area (Å²) in [5.41, 5.74) is -0.288.